The molecule has 0 spiro atoms. The molecular formula is CH4MoNO2S2-. The molecule has 0 fully saturated rings. The zero-order valence-electron chi connectivity index (χ0n) is 3.16. The van der Waals surface area contributed by atoms with Crippen molar-refractivity contribution in [3.8, 4) is 0 Å². The molecule has 0 aromatic rings. The number of thiol groups is 2. The molecule has 6 heteroatoms. The van der Waals surface area contributed by atoms with Gasteiger partial charge in [0, 0.05) is 21.1 Å². The predicted octanol–water partition coefficient (Wildman–Crippen LogP) is 1.48. The first-order valence-electron chi connectivity index (χ1n) is 0.878. The van der Waals surface area contributed by atoms with Gasteiger partial charge in [-0.3, -0.25) is 4.79 Å². The molecule has 0 unspecified atom stereocenters. The van der Waals surface area contributed by atoms with Gasteiger partial charge in [0.05, 0.1) is 0 Å². The Balaban J connectivity index is -0.0000000480. The average molecular weight is 222 g/mol. The van der Waals surface area contributed by atoms with Crippen LogP contribution in [0.4, 0.5) is 4.79 Å². The summed E-state index contributed by atoms with van der Waals surface area (Å²) in [7, 11) is 0. The third-order valence-electron chi connectivity index (χ3n) is 0. The van der Waals surface area contributed by atoms with Gasteiger partial charge in [0.15, 0.2) is 0 Å². The van der Waals surface area contributed by atoms with Crippen LogP contribution in [0.2, 0.25) is 0 Å². The van der Waals surface area contributed by atoms with E-state index in [9.17, 15) is 0 Å². The van der Waals surface area contributed by atoms with Crippen molar-refractivity contribution in [2.75, 3.05) is 0 Å². The van der Waals surface area contributed by atoms with Crippen molar-refractivity contribution in [1.29, 1.82) is 0 Å². The van der Waals surface area contributed by atoms with Crippen molar-refractivity contribution in [3.63, 3.8) is 0 Å². The SMILES string of the molecule is SS.[Mo].[NH-]C(=O)O. The van der Waals surface area contributed by atoms with Gasteiger partial charge in [0.2, 0.25) is 6.09 Å². The van der Waals surface area contributed by atoms with Gasteiger partial charge < -0.3 is 10.8 Å². The van der Waals surface area contributed by atoms with Crippen molar-refractivity contribution in [1.82, 2.24) is 0 Å². The van der Waals surface area contributed by atoms with E-state index in [-0.39, 0.29) is 21.1 Å². The fourth-order valence-electron chi connectivity index (χ4n) is 0. The summed E-state index contributed by atoms with van der Waals surface area (Å²) in [6.07, 6.45) is -1.58. The number of rotatable bonds is 0. The first-order chi connectivity index (χ1) is 2.73. The molecule has 2 N–H and O–H groups in total. The molecule has 0 aliphatic heterocycles. The van der Waals surface area contributed by atoms with Crippen LogP contribution in [0.25, 0.3) is 5.73 Å². The Labute approximate surface area is 66.1 Å². The Morgan fingerprint density at radius 1 is 1.57 bits per heavy atom. The summed E-state index contributed by atoms with van der Waals surface area (Å²) in [5.74, 6) is 0. The van der Waals surface area contributed by atoms with Crippen LogP contribution in [-0.4, -0.2) is 11.2 Å². The number of carboxylic acid groups (broad SMARTS) is 1. The maximum absolute atomic E-state index is 8.67. The zero-order chi connectivity index (χ0) is 5.58. The Bertz CT molecular complexity index is 38.7. The summed E-state index contributed by atoms with van der Waals surface area (Å²) >= 11 is 6.44. The molecule has 3 nitrogen and oxygen atoms in total. The summed E-state index contributed by atoms with van der Waals surface area (Å²) in [4.78, 5) is 8.67. The van der Waals surface area contributed by atoms with Crippen molar-refractivity contribution in [3.05, 3.63) is 5.73 Å². The van der Waals surface area contributed by atoms with Crippen LogP contribution < -0.4 is 0 Å². The van der Waals surface area contributed by atoms with E-state index in [1.165, 1.54) is 0 Å². The molecule has 0 aliphatic rings. The molecule has 7 heavy (non-hydrogen) atoms. The third kappa shape index (κ3) is 333. The van der Waals surface area contributed by atoms with Gasteiger partial charge in [-0.25, -0.2) is 0 Å². The van der Waals surface area contributed by atoms with E-state index >= 15 is 0 Å². The quantitative estimate of drug-likeness (QED) is 0.330. The fourth-order valence-corrected chi connectivity index (χ4v) is 0. The van der Waals surface area contributed by atoms with Gasteiger partial charge in [0.25, 0.3) is 0 Å². The second-order valence-electron chi connectivity index (χ2n) is 0.305. The van der Waals surface area contributed by atoms with E-state index in [0.717, 1.165) is 0 Å². The van der Waals surface area contributed by atoms with Crippen LogP contribution in [0.5, 0.6) is 0 Å². The van der Waals surface area contributed by atoms with Crippen LogP contribution in [0, 0.1) is 0 Å². The molecule has 0 rings (SSSR count). The van der Waals surface area contributed by atoms with Crippen LogP contribution in [0.3, 0.4) is 0 Å². The summed E-state index contributed by atoms with van der Waals surface area (Å²) in [6, 6.07) is 0. The Morgan fingerprint density at radius 3 is 1.57 bits per heavy atom. The van der Waals surface area contributed by atoms with Gasteiger partial charge in [-0.2, -0.15) is 0 Å². The number of hydrogen-bond acceptors (Lipinski definition) is 3. The van der Waals surface area contributed by atoms with E-state index in [0.29, 0.717) is 0 Å². The monoisotopic (exact) mass is 224 g/mol. The Kier molecular flexibility index (Phi) is 35.6. The minimum Gasteiger partial charge on any atom is -0.632 e. The second kappa shape index (κ2) is 15.9. The third-order valence-corrected chi connectivity index (χ3v) is 0. The minimum absolute atomic E-state index is 0. The molecule has 0 radical (unpaired) electrons. The minimum atomic E-state index is -1.58. The zero-order valence-corrected chi connectivity index (χ0v) is 6.95. The summed E-state index contributed by atoms with van der Waals surface area (Å²) in [5, 5.41) is 7.08. The standard InChI is InChI=1S/CH2NO2.Mo.H2S2/c2-1(3)4;;1-2/h2H,(H,3,4);;1-2H/q-1;;. The second-order valence-corrected chi connectivity index (χ2v) is 0.305. The first kappa shape index (κ1) is 15.6. The maximum atomic E-state index is 8.67. The van der Waals surface area contributed by atoms with Crippen molar-refractivity contribution >= 4 is 29.4 Å². The van der Waals surface area contributed by atoms with E-state index in [1.54, 1.807) is 0 Å². The normalized spacial score (nSPS) is 4.29. The summed E-state index contributed by atoms with van der Waals surface area (Å²) in [6.45, 7) is 0. The average Bonchev–Trinajstić information content (AvgIpc) is 1.41. The molecule has 44 valence electrons. The molecule has 1 amide bonds. The van der Waals surface area contributed by atoms with Crippen LogP contribution in [0.1, 0.15) is 0 Å². The number of nitrogens with one attached hydrogen (secondary N) is 1. The largest absolute Gasteiger partial charge is 0.632 e. The van der Waals surface area contributed by atoms with Gasteiger partial charge >= 0.3 is 0 Å². The van der Waals surface area contributed by atoms with Crippen LogP contribution in [-0.2, 0) is 21.1 Å². The van der Waals surface area contributed by atoms with Gasteiger partial charge in [-0.15, -0.1) is 23.3 Å². The maximum Gasteiger partial charge on any atom is 0.224 e. The summed E-state index contributed by atoms with van der Waals surface area (Å²) in [5.41, 5.74) is 5.50. The van der Waals surface area contributed by atoms with Crippen LogP contribution >= 0.6 is 23.3 Å². The molecule has 0 heterocycles. The van der Waals surface area contributed by atoms with E-state index in [2.05, 4.69) is 23.3 Å². The molecule has 0 aromatic heterocycles. The first-order valence-corrected chi connectivity index (χ1v) is 2.48. The topological polar surface area (TPSA) is 61.1 Å². The van der Waals surface area contributed by atoms with Gasteiger partial charge in [0.1, 0.15) is 0 Å². The van der Waals surface area contributed by atoms with E-state index < -0.39 is 6.09 Å². The molecule has 0 saturated carbocycles. The molecule has 0 saturated heterocycles. The Morgan fingerprint density at radius 2 is 1.57 bits per heavy atom. The number of amides is 1. The van der Waals surface area contributed by atoms with Crippen molar-refractivity contribution in [2.45, 2.75) is 0 Å². The number of hydrogen-bond donors (Lipinski definition) is 3. The van der Waals surface area contributed by atoms with Gasteiger partial charge in [-0.1, -0.05) is 0 Å². The molecule has 0 aliphatic carbocycles. The predicted molar refractivity (Wildman–Crippen MR) is 30.3 cm³/mol. The Hall–Kier alpha value is 0.658. The van der Waals surface area contributed by atoms with Gasteiger partial charge in [-0.05, 0) is 0 Å². The fraction of sp³-hybridized carbons (Fsp3) is 0. The van der Waals surface area contributed by atoms with E-state index in [1.807, 2.05) is 0 Å². The van der Waals surface area contributed by atoms with Crippen LogP contribution in [0.15, 0.2) is 0 Å². The smallest absolute Gasteiger partial charge is 0.224 e. The molecule has 0 atom stereocenters. The molecule has 0 aromatic carbocycles. The molecule has 0 bridgehead atoms. The molecular weight excluding hydrogens is 218 g/mol. The number of carbonyl (C=O) groups is 1. The van der Waals surface area contributed by atoms with Crippen molar-refractivity contribution < 1.29 is 31.0 Å². The summed E-state index contributed by atoms with van der Waals surface area (Å²) < 4.78 is 0. The van der Waals surface area contributed by atoms with Crippen molar-refractivity contribution in [2.24, 2.45) is 0 Å². The van der Waals surface area contributed by atoms with E-state index in [4.69, 9.17) is 15.6 Å².